The quantitative estimate of drug-likeness (QED) is 0.0804. The minimum atomic E-state index is -1.60. The summed E-state index contributed by atoms with van der Waals surface area (Å²) < 4.78 is 57.1. The maximum absolute atomic E-state index is 13.8. The van der Waals surface area contributed by atoms with E-state index in [2.05, 4.69) is 0 Å². The monoisotopic (exact) mass is 1070 g/mol. The highest BCUT2D eigenvalue weighted by atomic mass is 16.8. The number of phenols is 1. The van der Waals surface area contributed by atoms with Crippen LogP contribution in [-0.4, -0.2) is 141 Å². The van der Waals surface area contributed by atoms with Crippen LogP contribution in [0.2, 0.25) is 0 Å². The molecule has 2 amide bonds. The van der Waals surface area contributed by atoms with Gasteiger partial charge in [-0.1, -0.05) is 68.5 Å². The van der Waals surface area contributed by atoms with Crippen LogP contribution in [0.5, 0.6) is 17.2 Å². The van der Waals surface area contributed by atoms with Gasteiger partial charge < -0.3 is 62.7 Å². The second kappa shape index (κ2) is 25.8. The van der Waals surface area contributed by atoms with Gasteiger partial charge in [0.25, 0.3) is 0 Å². The zero-order chi connectivity index (χ0) is 55.6. The standard InChI is InChI=1S/C35H43NO10.C22H25NO8/c1-22-10-15-28(42-20-24-11-13-27(40-6)14-12-24)32-29(45-35(3,4)46-32)9-7-8-25-18-26(36-16-17-41-34(36)38)19-30(43-21-39-5)31(25)33(37)44-23(22)2;1-12-6-7-17(25)20(27)16(24)5-3-4-14-10-15(23-8-9-30-22(23)29)11-18(26)19(14)21(28)31-13(12)2/h7-8,10-15,18-19,22-23,28-29,32H,9,16-17,20-21H2,1-6H3;3-4,6-7,10-13,16,20,24,26-27H,5,8-9H2,1-2H3/b8-7+,15-10-;4-3+,7-6-/t22-,23+,28-,29+,32-;12-,13+,16+,20+/m11/s1. The SMILES string of the molecule is COCOc1cc(N2CCOC2=O)cc2c1C(=O)O[C@@H](C)[C@H](C)/C=C\[C@@H](OCc1ccc(OC)cc1)[C@H]1OC(C)(C)O[C@H]1C/C=C/2.C[C@@H]1/C=C\C(=O)[C@@H](O)[C@@H](O)C/C=C/c2cc(N3CCOC3=O)cc(O)c2C(=O)O[C@H]1C. The summed E-state index contributed by atoms with van der Waals surface area (Å²) in [5, 5.41) is 30.7. The molecule has 0 spiro atoms. The number of amides is 2. The van der Waals surface area contributed by atoms with Crippen LogP contribution < -0.4 is 19.3 Å². The Hall–Kier alpha value is -7.07. The summed E-state index contributed by atoms with van der Waals surface area (Å²) in [6.07, 6.45) is 7.23. The van der Waals surface area contributed by atoms with Gasteiger partial charge in [0.2, 0.25) is 0 Å². The van der Waals surface area contributed by atoms with Gasteiger partial charge in [0.1, 0.15) is 72.1 Å². The molecule has 3 aromatic rings. The van der Waals surface area contributed by atoms with Crippen molar-refractivity contribution in [3.63, 3.8) is 0 Å². The van der Waals surface area contributed by atoms with Crippen molar-refractivity contribution >= 4 is 53.4 Å². The highest BCUT2D eigenvalue weighted by Crippen LogP contribution is 2.38. The van der Waals surface area contributed by atoms with Gasteiger partial charge in [-0.2, -0.15) is 0 Å². The van der Waals surface area contributed by atoms with Gasteiger partial charge in [0.15, 0.2) is 18.4 Å². The molecule has 20 heteroatoms. The number of anilines is 2. The Morgan fingerprint density at radius 1 is 0.701 bits per heavy atom. The molecule has 8 rings (SSSR count). The van der Waals surface area contributed by atoms with Crippen LogP contribution in [0.25, 0.3) is 12.2 Å². The Balaban J connectivity index is 0.000000242. The normalized spacial score (nSPS) is 28.3. The van der Waals surface area contributed by atoms with Crippen molar-refractivity contribution in [2.24, 2.45) is 11.8 Å². The third-order valence-corrected chi connectivity index (χ3v) is 13.5. The maximum atomic E-state index is 13.8. The number of hydrogen-bond acceptors (Lipinski definition) is 18. The molecule has 3 fully saturated rings. The first-order valence-electron chi connectivity index (χ1n) is 25.4. The van der Waals surface area contributed by atoms with Crippen molar-refractivity contribution in [1.29, 1.82) is 0 Å². The van der Waals surface area contributed by atoms with E-state index in [0.717, 1.165) is 17.4 Å². The molecule has 0 aliphatic carbocycles. The molecule has 0 saturated carbocycles. The van der Waals surface area contributed by atoms with Gasteiger partial charge in [-0.05, 0) is 87.6 Å². The molecule has 0 radical (unpaired) electrons. The largest absolute Gasteiger partial charge is 0.507 e. The van der Waals surface area contributed by atoms with E-state index in [1.807, 2.05) is 76.3 Å². The maximum Gasteiger partial charge on any atom is 0.414 e. The Morgan fingerprint density at radius 2 is 1.29 bits per heavy atom. The number of carbonyl (C=O) groups is 5. The van der Waals surface area contributed by atoms with E-state index < -0.39 is 72.3 Å². The van der Waals surface area contributed by atoms with Crippen LogP contribution in [0.3, 0.4) is 0 Å². The molecule has 3 saturated heterocycles. The van der Waals surface area contributed by atoms with Gasteiger partial charge in [-0.3, -0.25) is 14.6 Å². The van der Waals surface area contributed by atoms with E-state index in [0.29, 0.717) is 43.1 Å². The van der Waals surface area contributed by atoms with Gasteiger partial charge in [-0.25, -0.2) is 19.2 Å². The minimum absolute atomic E-state index is 0.0854. The number of aromatic hydroxyl groups is 1. The van der Waals surface area contributed by atoms with E-state index in [4.69, 9.17) is 47.4 Å². The topological polar surface area (TPSA) is 245 Å². The zero-order valence-corrected chi connectivity index (χ0v) is 44.5. The summed E-state index contributed by atoms with van der Waals surface area (Å²) in [6.45, 7) is 12.3. The molecule has 0 unspecified atom stereocenters. The Bertz CT molecular complexity index is 2730. The Labute approximate surface area is 447 Å². The number of aliphatic hydroxyl groups is 2. The highest BCUT2D eigenvalue weighted by Gasteiger charge is 2.45. The second-order valence-corrected chi connectivity index (χ2v) is 19.6. The molecule has 5 aliphatic heterocycles. The smallest absolute Gasteiger partial charge is 0.414 e. The second-order valence-electron chi connectivity index (χ2n) is 19.6. The number of carbonyl (C=O) groups excluding carboxylic acids is 5. The number of rotatable bonds is 9. The van der Waals surface area contributed by atoms with Gasteiger partial charge in [-0.15, -0.1) is 0 Å². The molecule has 20 nitrogen and oxygen atoms in total. The molecule has 414 valence electrons. The minimum Gasteiger partial charge on any atom is -0.507 e. The molecule has 0 bridgehead atoms. The number of benzene rings is 3. The number of esters is 2. The van der Waals surface area contributed by atoms with Gasteiger partial charge in [0, 0.05) is 31.1 Å². The molecule has 77 heavy (non-hydrogen) atoms. The van der Waals surface area contributed by atoms with Crippen LogP contribution >= 0.6 is 0 Å². The number of methoxy groups -OCH3 is 2. The van der Waals surface area contributed by atoms with E-state index in [1.54, 1.807) is 33.1 Å². The van der Waals surface area contributed by atoms with Crippen molar-refractivity contribution in [2.75, 3.05) is 57.1 Å². The Kier molecular flexibility index (Phi) is 19.3. The number of aliphatic hydroxyl groups excluding tert-OH is 2. The summed E-state index contributed by atoms with van der Waals surface area (Å²) in [5.41, 5.74) is 2.74. The van der Waals surface area contributed by atoms with Crippen LogP contribution in [-0.2, 0) is 49.3 Å². The van der Waals surface area contributed by atoms with Crippen molar-refractivity contribution in [3.8, 4) is 17.2 Å². The average Bonchev–Trinajstić information content (AvgIpc) is 4.13. The van der Waals surface area contributed by atoms with Crippen molar-refractivity contribution < 1.29 is 86.7 Å². The number of hydrogen-bond donors (Lipinski definition) is 3. The number of ketones is 1. The molecule has 0 aromatic heterocycles. The first-order chi connectivity index (χ1) is 36.8. The van der Waals surface area contributed by atoms with Crippen molar-refractivity contribution in [3.05, 3.63) is 113 Å². The summed E-state index contributed by atoms with van der Waals surface area (Å²) in [7, 11) is 3.12. The molecule has 5 aliphatic rings. The van der Waals surface area contributed by atoms with Crippen molar-refractivity contribution in [1.82, 2.24) is 0 Å². The predicted molar refractivity (Wildman–Crippen MR) is 281 cm³/mol. The first-order valence-corrected chi connectivity index (χ1v) is 25.4. The lowest BCUT2D eigenvalue weighted by Gasteiger charge is -2.26. The van der Waals surface area contributed by atoms with Crippen LogP contribution in [0.1, 0.15) is 91.8 Å². The van der Waals surface area contributed by atoms with Crippen LogP contribution in [0.15, 0.2) is 85.0 Å². The van der Waals surface area contributed by atoms with E-state index >= 15 is 0 Å². The summed E-state index contributed by atoms with van der Waals surface area (Å²) in [6, 6.07) is 13.9. The molecule has 3 aromatic carbocycles. The van der Waals surface area contributed by atoms with Gasteiger partial charge in [0.05, 0.1) is 50.4 Å². The number of ether oxygens (including phenoxy) is 10. The third kappa shape index (κ3) is 14.5. The van der Waals surface area contributed by atoms with Crippen molar-refractivity contribution in [2.45, 2.75) is 110 Å². The lowest BCUT2D eigenvalue weighted by Crippen LogP contribution is -2.36. The molecular formula is C57H68N2O18. The molecular weight excluding hydrogens is 1000 g/mol. The molecule has 5 heterocycles. The lowest BCUT2D eigenvalue weighted by molar-refractivity contribution is -0.156. The Morgan fingerprint density at radius 3 is 1.88 bits per heavy atom. The fraction of sp³-hybridized carbons (Fsp3) is 0.456. The summed E-state index contributed by atoms with van der Waals surface area (Å²) in [4.78, 5) is 65.8. The number of phenolic OH excluding ortho intramolecular Hbond substituents is 1. The molecule has 3 N–H and O–H groups in total. The average molecular weight is 1070 g/mol. The number of fused-ring (bicyclic) bond motifs is 3. The van der Waals surface area contributed by atoms with E-state index in [9.17, 15) is 39.3 Å². The fourth-order valence-electron chi connectivity index (χ4n) is 8.86. The highest BCUT2D eigenvalue weighted by molar-refractivity contribution is 6.00. The predicted octanol–water partition coefficient (Wildman–Crippen LogP) is 7.69. The van der Waals surface area contributed by atoms with E-state index in [-0.39, 0.29) is 72.6 Å². The lowest BCUT2D eigenvalue weighted by atomic mass is 9.98. The zero-order valence-electron chi connectivity index (χ0n) is 44.5. The number of nitrogens with zero attached hydrogens (tertiary/aromatic N) is 2. The van der Waals surface area contributed by atoms with E-state index in [1.165, 1.54) is 47.3 Å². The number of cyclic esters (lactones) is 4. The third-order valence-electron chi connectivity index (χ3n) is 13.5. The van der Waals surface area contributed by atoms with Gasteiger partial charge >= 0.3 is 24.1 Å². The summed E-state index contributed by atoms with van der Waals surface area (Å²) in [5.74, 6) is -2.75. The first kappa shape index (κ1) is 57.6. The fourth-order valence-corrected chi connectivity index (χ4v) is 8.86. The summed E-state index contributed by atoms with van der Waals surface area (Å²) >= 11 is 0. The molecule has 9 atom stereocenters. The van der Waals surface area contributed by atoms with Crippen LogP contribution in [0.4, 0.5) is 21.0 Å². The van der Waals surface area contributed by atoms with Crippen LogP contribution in [0, 0.1) is 11.8 Å².